The largest absolute Gasteiger partial charge is 0.382 e. The molecule has 0 saturated carbocycles. The van der Waals surface area contributed by atoms with Crippen LogP contribution in [0, 0.1) is 0 Å². The molecule has 6 rings (SSSR count). The van der Waals surface area contributed by atoms with Gasteiger partial charge in [-0.05, 0) is 44.2 Å². The molecule has 34 heavy (non-hydrogen) atoms. The zero-order valence-corrected chi connectivity index (χ0v) is 18.7. The third-order valence-electron chi connectivity index (χ3n) is 5.68. The van der Waals surface area contributed by atoms with Crippen LogP contribution in [0.1, 0.15) is 13.8 Å². The minimum absolute atomic E-state index is 0.325. The first-order valence-electron chi connectivity index (χ1n) is 11.1. The zero-order chi connectivity index (χ0) is 23.1. The Balaban J connectivity index is 1.45. The topological polar surface area (TPSA) is 108 Å². The lowest BCUT2D eigenvalue weighted by molar-refractivity contribution is 0.898. The van der Waals surface area contributed by atoms with E-state index in [9.17, 15) is 0 Å². The van der Waals surface area contributed by atoms with E-state index in [1.165, 1.54) is 0 Å². The monoisotopic (exact) mass is 446 g/mol. The number of nitrogens with zero attached hydrogens (tertiary/aromatic N) is 5. The maximum Gasteiger partial charge on any atom is 0.155 e. The lowest BCUT2D eigenvalue weighted by atomic mass is 10.1. The van der Waals surface area contributed by atoms with Crippen LogP contribution in [0.15, 0.2) is 73.6 Å². The van der Waals surface area contributed by atoms with E-state index in [1.54, 1.807) is 6.20 Å². The van der Waals surface area contributed by atoms with Gasteiger partial charge in [-0.3, -0.25) is 20.1 Å². The Morgan fingerprint density at radius 2 is 1.74 bits per heavy atom. The normalized spacial score (nSPS) is 11.5. The Hall–Kier alpha value is -4.59. The van der Waals surface area contributed by atoms with Gasteiger partial charge in [0.1, 0.15) is 5.69 Å². The van der Waals surface area contributed by atoms with Crippen molar-refractivity contribution in [3.63, 3.8) is 0 Å². The highest BCUT2D eigenvalue weighted by molar-refractivity contribution is 6.00. The molecule has 0 spiro atoms. The van der Waals surface area contributed by atoms with Crippen molar-refractivity contribution in [2.45, 2.75) is 19.9 Å². The van der Waals surface area contributed by atoms with Crippen molar-refractivity contribution in [3.05, 3.63) is 73.6 Å². The summed E-state index contributed by atoms with van der Waals surface area (Å²) in [7, 11) is 0. The van der Waals surface area contributed by atoms with Gasteiger partial charge < -0.3 is 10.3 Å². The highest BCUT2D eigenvalue weighted by atomic mass is 15.2. The standard InChI is InChI=1S/C26H22N8/c1-15(2)31-18-7-16(10-27-12-18)17-8-20-25(33-34-26(20)30-11-17)23-9-19-21(13-28-14-24(19)32-23)22-5-3-4-6-29-22/h3-15,31-32H,1-2H3,(H,30,33,34). The maximum atomic E-state index is 4.61. The fourth-order valence-electron chi connectivity index (χ4n) is 4.18. The summed E-state index contributed by atoms with van der Waals surface area (Å²) in [6.07, 6.45) is 11.0. The van der Waals surface area contributed by atoms with Crippen LogP contribution in [0.25, 0.3) is 55.7 Å². The summed E-state index contributed by atoms with van der Waals surface area (Å²) >= 11 is 0. The van der Waals surface area contributed by atoms with Crippen molar-refractivity contribution in [2.75, 3.05) is 5.32 Å². The van der Waals surface area contributed by atoms with Crippen LogP contribution in [0.4, 0.5) is 5.69 Å². The van der Waals surface area contributed by atoms with E-state index in [4.69, 9.17) is 0 Å². The van der Waals surface area contributed by atoms with Crippen LogP contribution < -0.4 is 5.32 Å². The summed E-state index contributed by atoms with van der Waals surface area (Å²) in [5, 5.41) is 13.0. The SMILES string of the molecule is CC(C)Nc1cncc(-c2cnc3[nH]nc(-c4cc5c(-c6ccccn6)cncc5[nH]4)c3c2)c1. The molecule has 6 aromatic heterocycles. The maximum absolute atomic E-state index is 4.61. The van der Waals surface area contributed by atoms with Crippen molar-refractivity contribution in [3.8, 4) is 33.8 Å². The van der Waals surface area contributed by atoms with Gasteiger partial charge in [0.2, 0.25) is 0 Å². The van der Waals surface area contributed by atoms with E-state index in [2.05, 4.69) is 72.5 Å². The lowest BCUT2D eigenvalue weighted by Crippen LogP contribution is -2.09. The molecule has 0 aromatic carbocycles. The number of anilines is 1. The molecular weight excluding hydrogens is 424 g/mol. The molecule has 8 heteroatoms. The van der Waals surface area contributed by atoms with Crippen LogP contribution in [0.3, 0.4) is 0 Å². The van der Waals surface area contributed by atoms with Gasteiger partial charge in [-0.15, -0.1) is 0 Å². The van der Waals surface area contributed by atoms with Gasteiger partial charge in [-0.2, -0.15) is 5.10 Å². The fourth-order valence-corrected chi connectivity index (χ4v) is 4.18. The van der Waals surface area contributed by atoms with Crippen LogP contribution in [-0.4, -0.2) is 41.2 Å². The molecule has 8 nitrogen and oxygen atoms in total. The third-order valence-corrected chi connectivity index (χ3v) is 5.68. The Labute approximate surface area is 195 Å². The van der Waals surface area contributed by atoms with Crippen molar-refractivity contribution in [1.82, 2.24) is 35.1 Å². The molecule has 166 valence electrons. The molecule has 6 heterocycles. The first-order valence-corrected chi connectivity index (χ1v) is 11.1. The number of fused-ring (bicyclic) bond motifs is 2. The van der Waals surface area contributed by atoms with Gasteiger partial charge in [0, 0.05) is 64.5 Å². The number of nitrogens with one attached hydrogen (secondary N) is 3. The second kappa shape index (κ2) is 8.08. The summed E-state index contributed by atoms with van der Waals surface area (Å²) in [5.74, 6) is 0. The summed E-state index contributed by atoms with van der Waals surface area (Å²) in [6.45, 7) is 4.21. The molecule has 0 radical (unpaired) electrons. The number of rotatable bonds is 5. The molecule has 0 amide bonds. The van der Waals surface area contributed by atoms with Crippen molar-refractivity contribution < 1.29 is 0 Å². The second-order valence-electron chi connectivity index (χ2n) is 8.50. The molecule has 0 bridgehead atoms. The van der Waals surface area contributed by atoms with E-state index < -0.39 is 0 Å². The first-order chi connectivity index (χ1) is 16.7. The molecule has 0 saturated heterocycles. The number of H-pyrrole nitrogens is 2. The quantitative estimate of drug-likeness (QED) is 0.325. The number of pyridine rings is 4. The summed E-state index contributed by atoms with van der Waals surface area (Å²) in [5.41, 5.74) is 8.14. The van der Waals surface area contributed by atoms with Gasteiger partial charge >= 0.3 is 0 Å². The minimum atomic E-state index is 0.325. The molecular formula is C26H22N8. The number of aromatic nitrogens is 7. The molecule has 0 atom stereocenters. The lowest BCUT2D eigenvalue weighted by Gasteiger charge is -2.10. The van der Waals surface area contributed by atoms with E-state index >= 15 is 0 Å². The van der Waals surface area contributed by atoms with Gasteiger partial charge in [-0.1, -0.05) is 6.07 Å². The first kappa shape index (κ1) is 20.0. The summed E-state index contributed by atoms with van der Waals surface area (Å²) in [6, 6.07) is 12.5. The van der Waals surface area contributed by atoms with Gasteiger partial charge in [-0.25, -0.2) is 4.98 Å². The van der Waals surface area contributed by atoms with Crippen molar-refractivity contribution >= 4 is 27.6 Å². The van der Waals surface area contributed by atoms with Crippen LogP contribution >= 0.6 is 0 Å². The Kier molecular flexibility index (Phi) is 4.76. The predicted molar refractivity (Wildman–Crippen MR) is 134 cm³/mol. The van der Waals surface area contributed by atoms with Crippen molar-refractivity contribution in [2.24, 2.45) is 0 Å². The molecule has 0 aliphatic heterocycles. The van der Waals surface area contributed by atoms with Crippen LogP contribution in [-0.2, 0) is 0 Å². The average Bonchev–Trinajstić information content (AvgIpc) is 3.48. The number of hydrogen-bond acceptors (Lipinski definition) is 6. The fraction of sp³-hybridized carbons (Fsp3) is 0.115. The number of aromatic amines is 2. The zero-order valence-electron chi connectivity index (χ0n) is 18.7. The summed E-state index contributed by atoms with van der Waals surface area (Å²) in [4.78, 5) is 21.4. The second-order valence-corrected chi connectivity index (χ2v) is 8.50. The molecule has 6 aromatic rings. The molecule has 0 aliphatic rings. The van der Waals surface area contributed by atoms with Gasteiger partial charge in [0.25, 0.3) is 0 Å². The van der Waals surface area contributed by atoms with E-state index in [-0.39, 0.29) is 0 Å². The highest BCUT2D eigenvalue weighted by Gasteiger charge is 2.15. The predicted octanol–water partition coefficient (Wildman–Crippen LogP) is 5.45. The third kappa shape index (κ3) is 3.55. The van der Waals surface area contributed by atoms with Gasteiger partial charge in [0.15, 0.2) is 5.65 Å². The average molecular weight is 447 g/mol. The molecule has 0 unspecified atom stereocenters. The smallest absolute Gasteiger partial charge is 0.155 e. The van der Waals surface area contributed by atoms with Crippen molar-refractivity contribution in [1.29, 1.82) is 0 Å². The molecule has 0 fully saturated rings. The molecule has 0 aliphatic carbocycles. The van der Waals surface area contributed by atoms with E-state index in [1.807, 2.05) is 49.2 Å². The highest BCUT2D eigenvalue weighted by Crippen LogP contribution is 2.33. The van der Waals surface area contributed by atoms with Crippen LogP contribution in [0.5, 0.6) is 0 Å². The van der Waals surface area contributed by atoms with Crippen LogP contribution in [0.2, 0.25) is 0 Å². The Bertz CT molecular complexity index is 1610. The summed E-state index contributed by atoms with van der Waals surface area (Å²) < 4.78 is 0. The van der Waals surface area contributed by atoms with E-state index in [0.29, 0.717) is 6.04 Å². The molecule has 3 N–H and O–H groups in total. The Morgan fingerprint density at radius 3 is 2.59 bits per heavy atom. The minimum Gasteiger partial charge on any atom is -0.382 e. The van der Waals surface area contributed by atoms with E-state index in [0.717, 1.165) is 61.4 Å². The Morgan fingerprint density at radius 1 is 0.853 bits per heavy atom. The van der Waals surface area contributed by atoms with Gasteiger partial charge in [0.05, 0.1) is 28.8 Å². The number of hydrogen-bond donors (Lipinski definition) is 3.